The quantitative estimate of drug-likeness (QED) is 0.286. The molecule has 0 radical (unpaired) electrons. The molecular weight excluding hydrogens is 484 g/mol. The number of nitrogens with zero attached hydrogens (tertiary/aromatic N) is 2. The van der Waals surface area contributed by atoms with Crippen LogP contribution in [-0.4, -0.2) is 30.8 Å². The first-order valence-corrected chi connectivity index (χ1v) is 12.2. The number of halogens is 2. The van der Waals surface area contributed by atoms with Gasteiger partial charge in [-0.25, -0.2) is 8.78 Å². The lowest BCUT2D eigenvalue weighted by Gasteiger charge is -2.31. The van der Waals surface area contributed by atoms with E-state index in [9.17, 15) is 18.4 Å². The number of carbonyl (C=O) groups is 2. The highest BCUT2D eigenvalue weighted by molar-refractivity contribution is 6.04. The second-order valence-corrected chi connectivity index (χ2v) is 9.23. The Balaban J connectivity index is 1.70. The van der Waals surface area contributed by atoms with Crippen LogP contribution in [0.1, 0.15) is 44.8 Å². The van der Waals surface area contributed by atoms with E-state index < -0.39 is 17.5 Å². The van der Waals surface area contributed by atoms with Crippen molar-refractivity contribution in [3.63, 3.8) is 0 Å². The zero-order chi connectivity index (χ0) is 27.2. The third kappa shape index (κ3) is 6.24. The number of hydrogen-bond donors (Lipinski definition) is 1. The van der Waals surface area contributed by atoms with Crippen LogP contribution in [0, 0.1) is 11.6 Å². The van der Waals surface area contributed by atoms with Crippen molar-refractivity contribution in [1.29, 1.82) is 0 Å². The zero-order valence-electron chi connectivity index (χ0n) is 21.5. The average Bonchev–Trinajstić information content (AvgIpc) is 2.92. The summed E-state index contributed by atoms with van der Waals surface area (Å²) >= 11 is 0. The Morgan fingerprint density at radius 1 is 0.789 bits per heavy atom. The maximum absolute atomic E-state index is 13.7. The van der Waals surface area contributed by atoms with Gasteiger partial charge in [-0.15, -0.1) is 0 Å². The van der Waals surface area contributed by atoms with Crippen LogP contribution >= 0.6 is 0 Å². The Kier molecular flexibility index (Phi) is 8.16. The van der Waals surface area contributed by atoms with Crippen LogP contribution in [0.25, 0.3) is 0 Å². The molecule has 7 heteroatoms. The normalized spacial score (nSPS) is 11.5. The molecule has 1 atom stereocenters. The summed E-state index contributed by atoms with van der Waals surface area (Å²) in [7, 11) is 3.80. The molecule has 0 aliphatic carbocycles. The van der Waals surface area contributed by atoms with Crippen LogP contribution in [0.5, 0.6) is 0 Å². The minimum Gasteiger partial charge on any atom is -0.377 e. The van der Waals surface area contributed by atoms with E-state index in [2.05, 4.69) is 5.32 Å². The van der Waals surface area contributed by atoms with Crippen molar-refractivity contribution >= 4 is 23.2 Å². The van der Waals surface area contributed by atoms with Gasteiger partial charge in [0.1, 0.15) is 11.6 Å². The molecule has 194 valence electrons. The van der Waals surface area contributed by atoms with Crippen LogP contribution in [-0.2, 0) is 6.54 Å². The summed E-state index contributed by atoms with van der Waals surface area (Å²) in [5, 5.41) is 2.82. The monoisotopic (exact) mass is 513 g/mol. The molecule has 4 aromatic rings. The molecular formula is C31H29F2N3O2. The van der Waals surface area contributed by atoms with Gasteiger partial charge < -0.3 is 15.1 Å². The van der Waals surface area contributed by atoms with Crippen molar-refractivity contribution < 1.29 is 18.4 Å². The second kappa shape index (κ2) is 11.7. The highest BCUT2D eigenvalue weighted by atomic mass is 19.1. The lowest BCUT2D eigenvalue weighted by atomic mass is 10.0. The van der Waals surface area contributed by atoms with E-state index in [0.717, 1.165) is 16.8 Å². The van der Waals surface area contributed by atoms with E-state index in [1.165, 1.54) is 48.5 Å². The molecule has 0 heterocycles. The lowest BCUT2D eigenvalue weighted by Crippen LogP contribution is -2.33. The number of amides is 2. The predicted octanol–water partition coefficient (Wildman–Crippen LogP) is 6.69. The third-order valence-electron chi connectivity index (χ3n) is 6.35. The van der Waals surface area contributed by atoms with Gasteiger partial charge in [0.05, 0.1) is 6.04 Å². The molecule has 0 aliphatic rings. The fraction of sp³-hybridized carbons (Fsp3) is 0.161. The maximum Gasteiger partial charge on any atom is 0.255 e. The molecule has 0 saturated heterocycles. The fourth-order valence-electron chi connectivity index (χ4n) is 4.30. The van der Waals surface area contributed by atoms with E-state index >= 15 is 0 Å². The van der Waals surface area contributed by atoms with Gasteiger partial charge in [-0.05, 0) is 78.7 Å². The van der Waals surface area contributed by atoms with Gasteiger partial charge in [0, 0.05) is 43.1 Å². The summed E-state index contributed by atoms with van der Waals surface area (Å²) in [6.07, 6.45) is 0. The van der Waals surface area contributed by atoms with Crippen LogP contribution in [0.3, 0.4) is 0 Å². The topological polar surface area (TPSA) is 52.7 Å². The van der Waals surface area contributed by atoms with Crippen molar-refractivity contribution in [2.45, 2.75) is 19.5 Å². The smallest absolute Gasteiger partial charge is 0.255 e. The Morgan fingerprint density at radius 2 is 1.50 bits per heavy atom. The van der Waals surface area contributed by atoms with Crippen molar-refractivity contribution in [3.05, 3.63) is 131 Å². The predicted molar refractivity (Wildman–Crippen MR) is 146 cm³/mol. The second-order valence-electron chi connectivity index (χ2n) is 9.23. The van der Waals surface area contributed by atoms with E-state index in [-0.39, 0.29) is 24.1 Å². The molecule has 1 N–H and O–H groups in total. The molecule has 0 unspecified atom stereocenters. The largest absolute Gasteiger partial charge is 0.377 e. The summed E-state index contributed by atoms with van der Waals surface area (Å²) in [5.74, 6) is -1.60. The molecule has 0 saturated carbocycles. The Labute approximate surface area is 221 Å². The van der Waals surface area contributed by atoms with Crippen molar-refractivity contribution in [2.24, 2.45) is 0 Å². The molecule has 0 spiro atoms. The molecule has 0 aliphatic heterocycles. The molecule has 38 heavy (non-hydrogen) atoms. The van der Waals surface area contributed by atoms with Crippen molar-refractivity contribution in [2.75, 3.05) is 24.3 Å². The molecule has 0 fully saturated rings. The fourth-order valence-corrected chi connectivity index (χ4v) is 4.30. The third-order valence-corrected chi connectivity index (χ3v) is 6.35. The highest BCUT2D eigenvalue weighted by Gasteiger charge is 2.25. The maximum atomic E-state index is 13.7. The number of anilines is 2. The van der Waals surface area contributed by atoms with Gasteiger partial charge in [0.2, 0.25) is 0 Å². The summed E-state index contributed by atoms with van der Waals surface area (Å²) in [6, 6.07) is 25.8. The first-order chi connectivity index (χ1) is 18.2. The van der Waals surface area contributed by atoms with E-state index in [0.29, 0.717) is 11.3 Å². The minimum atomic E-state index is -0.494. The highest BCUT2D eigenvalue weighted by Crippen LogP contribution is 2.30. The standard InChI is InChI=1S/C31H29F2N3O2/c1-21(22-8-5-4-6-9-22)36(31(38)23-12-14-26(32)15-13-23)20-25-19-28(16-17-29(25)35(2)3)34-30(37)24-10-7-11-27(33)18-24/h4-19,21H,20H2,1-3H3,(H,34,37)/t21-/m0/s1. The Morgan fingerprint density at radius 3 is 2.16 bits per heavy atom. The van der Waals surface area contributed by atoms with Gasteiger partial charge in [0.15, 0.2) is 0 Å². The van der Waals surface area contributed by atoms with Crippen molar-refractivity contribution in [1.82, 2.24) is 4.90 Å². The summed E-state index contributed by atoms with van der Waals surface area (Å²) in [4.78, 5) is 30.1. The Bertz CT molecular complexity index is 1420. The van der Waals surface area contributed by atoms with Gasteiger partial charge in [0.25, 0.3) is 11.8 Å². The molecule has 5 nitrogen and oxygen atoms in total. The Hall–Kier alpha value is -4.52. The molecule has 4 aromatic carbocycles. The number of benzene rings is 4. The van der Waals surface area contributed by atoms with E-state index in [4.69, 9.17) is 0 Å². The minimum absolute atomic E-state index is 0.203. The van der Waals surface area contributed by atoms with E-state index in [1.807, 2.05) is 68.4 Å². The summed E-state index contributed by atoms with van der Waals surface area (Å²) in [6.45, 7) is 2.17. The SMILES string of the molecule is C[C@@H](c1ccccc1)N(Cc1cc(NC(=O)c2cccc(F)c2)ccc1N(C)C)C(=O)c1ccc(F)cc1. The number of rotatable bonds is 8. The van der Waals surface area contributed by atoms with Gasteiger partial charge >= 0.3 is 0 Å². The van der Waals surface area contributed by atoms with Gasteiger partial charge in [-0.1, -0.05) is 36.4 Å². The first-order valence-electron chi connectivity index (χ1n) is 12.2. The van der Waals surface area contributed by atoms with Gasteiger partial charge in [-0.3, -0.25) is 9.59 Å². The van der Waals surface area contributed by atoms with Gasteiger partial charge in [-0.2, -0.15) is 0 Å². The number of carbonyl (C=O) groups excluding carboxylic acids is 2. The van der Waals surface area contributed by atoms with Crippen LogP contribution in [0.4, 0.5) is 20.2 Å². The van der Waals surface area contributed by atoms with E-state index in [1.54, 1.807) is 11.0 Å². The molecule has 2 amide bonds. The molecule has 0 aromatic heterocycles. The van der Waals surface area contributed by atoms with Crippen LogP contribution in [0.2, 0.25) is 0 Å². The van der Waals surface area contributed by atoms with Crippen LogP contribution in [0.15, 0.2) is 97.1 Å². The molecule has 4 rings (SSSR count). The number of nitrogens with one attached hydrogen (secondary N) is 1. The average molecular weight is 514 g/mol. The first kappa shape index (κ1) is 26.5. The summed E-state index contributed by atoms with van der Waals surface area (Å²) < 4.78 is 27.2. The number of hydrogen-bond acceptors (Lipinski definition) is 3. The van der Waals surface area contributed by atoms with Crippen LogP contribution < -0.4 is 10.2 Å². The van der Waals surface area contributed by atoms with Crippen molar-refractivity contribution in [3.8, 4) is 0 Å². The summed E-state index contributed by atoms with van der Waals surface area (Å²) in [5.41, 5.74) is 3.70. The lowest BCUT2D eigenvalue weighted by molar-refractivity contribution is 0.0674. The zero-order valence-corrected chi connectivity index (χ0v) is 21.5. The molecule has 0 bridgehead atoms.